The number of ether oxygens (including phenoxy) is 3. The van der Waals surface area contributed by atoms with Gasteiger partial charge in [-0.05, 0) is 73.5 Å². The van der Waals surface area contributed by atoms with Crippen LogP contribution in [-0.4, -0.2) is 31.0 Å². The fourth-order valence-corrected chi connectivity index (χ4v) is 3.56. The molecule has 1 aliphatic rings. The van der Waals surface area contributed by atoms with Crippen LogP contribution < -0.4 is 19.5 Å². The average molecular weight is 428 g/mol. The van der Waals surface area contributed by atoms with Crippen molar-refractivity contribution < 1.29 is 23.8 Å². The molecule has 1 aliphatic heterocycles. The molecule has 2 aromatic rings. The number of hydrogen-bond acceptors (Lipinski definition) is 6. The Kier molecular flexibility index (Phi) is 7.41. The summed E-state index contributed by atoms with van der Waals surface area (Å²) in [5, 5.41) is 1.88. The molecule has 1 heterocycles. The van der Waals surface area contributed by atoms with Crippen LogP contribution in [0.25, 0.3) is 6.08 Å². The highest BCUT2D eigenvalue weighted by molar-refractivity contribution is 8.18. The van der Waals surface area contributed by atoms with Gasteiger partial charge in [-0.2, -0.15) is 0 Å². The summed E-state index contributed by atoms with van der Waals surface area (Å²) in [6.45, 7) is 7.54. The fourth-order valence-electron chi connectivity index (χ4n) is 2.88. The maximum absolute atomic E-state index is 11.7. The molecule has 7 heteroatoms. The van der Waals surface area contributed by atoms with E-state index in [0.717, 1.165) is 35.1 Å². The molecule has 1 N–H and O–H groups in total. The van der Waals surface area contributed by atoms with E-state index in [0.29, 0.717) is 36.2 Å². The number of thioether (sulfide) groups is 1. The first-order valence-electron chi connectivity index (χ1n) is 9.81. The highest BCUT2D eigenvalue weighted by atomic mass is 32.2. The Bertz CT molecular complexity index is 970. The van der Waals surface area contributed by atoms with Crippen LogP contribution in [0.1, 0.15) is 30.0 Å². The first-order chi connectivity index (χ1) is 14.5. The van der Waals surface area contributed by atoms with Gasteiger partial charge in [0.15, 0.2) is 11.5 Å². The number of carbonyl (C=O) groups excluding carboxylic acids is 2. The number of carbonyl (C=O) groups is 2. The minimum atomic E-state index is -0.382. The molecule has 0 aromatic heterocycles. The summed E-state index contributed by atoms with van der Waals surface area (Å²) >= 11 is 0.887. The molecule has 0 aliphatic carbocycles. The number of nitrogens with one attached hydrogen (secondary N) is 1. The Morgan fingerprint density at radius 2 is 1.73 bits per heavy atom. The van der Waals surface area contributed by atoms with Crippen molar-refractivity contribution in [1.82, 2.24) is 5.32 Å². The summed E-state index contributed by atoms with van der Waals surface area (Å²) in [5.74, 6) is 1.74. The lowest BCUT2D eigenvalue weighted by molar-refractivity contribution is -0.115. The van der Waals surface area contributed by atoms with E-state index < -0.39 is 0 Å². The molecule has 2 aromatic carbocycles. The summed E-state index contributed by atoms with van der Waals surface area (Å²) in [6, 6.07) is 11.5. The summed E-state index contributed by atoms with van der Waals surface area (Å²) in [7, 11) is 0. The molecule has 0 unspecified atom stereocenters. The second-order valence-electron chi connectivity index (χ2n) is 6.74. The molecule has 0 spiro atoms. The monoisotopic (exact) mass is 427 g/mol. The molecular weight excluding hydrogens is 402 g/mol. The van der Waals surface area contributed by atoms with Gasteiger partial charge in [-0.1, -0.05) is 18.2 Å². The van der Waals surface area contributed by atoms with Gasteiger partial charge in [0.2, 0.25) is 0 Å². The normalized spacial score (nSPS) is 14.7. The van der Waals surface area contributed by atoms with Crippen LogP contribution in [0, 0.1) is 13.8 Å². The van der Waals surface area contributed by atoms with E-state index in [1.807, 2.05) is 31.2 Å². The Morgan fingerprint density at radius 3 is 2.43 bits per heavy atom. The van der Waals surface area contributed by atoms with Gasteiger partial charge in [0.05, 0.1) is 24.7 Å². The topological polar surface area (TPSA) is 73.9 Å². The van der Waals surface area contributed by atoms with E-state index in [9.17, 15) is 9.59 Å². The molecule has 1 fully saturated rings. The predicted molar refractivity (Wildman–Crippen MR) is 118 cm³/mol. The van der Waals surface area contributed by atoms with E-state index >= 15 is 0 Å². The fraction of sp³-hybridized carbons (Fsp3) is 0.304. The molecule has 30 heavy (non-hydrogen) atoms. The first-order valence-corrected chi connectivity index (χ1v) is 10.6. The van der Waals surface area contributed by atoms with Crippen molar-refractivity contribution >= 4 is 29.0 Å². The number of rotatable bonds is 9. The molecule has 1 saturated heterocycles. The lowest BCUT2D eigenvalue weighted by atomic mass is 10.1. The van der Waals surface area contributed by atoms with Crippen LogP contribution in [-0.2, 0) is 4.79 Å². The van der Waals surface area contributed by atoms with Gasteiger partial charge in [-0.15, -0.1) is 0 Å². The molecule has 0 bridgehead atoms. The molecule has 0 atom stereocenters. The second kappa shape index (κ2) is 10.2. The third-order valence-corrected chi connectivity index (χ3v) is 5.38. The van der Waals surface area contributed by atoms with Crippen LogP contribution in [0.2, 0.25) is 0 Å². The highest BCUT2D eigenvalue weighted by Gasteiger charge is 2.25. The van der Waals surface area contributed by atoms with Crippen molar-refractivity contribution in [2.45, 2.75) is 27.2 Å². The second-order valence-corrected chi connectivity index (χ2v) is 7.75. The van der Waals surface area contributed by atoms with Crippen LogP contribution in [0.3, 0.4) is 0 Å². The van der Waals surface area contributed by atoms with E-state index in [4.69, 9.17) is 14.2 Å². The van der Waals surface area contributed by atoms with Crippen molar-refractivity contribution in [2.75, 3.05) is 19.8 Å². The number of imide groups is 1. The Hall–Kier alpha value is -2.93. The van der Waals surface area contributed by atoms with Gasteiger partial charge in [0.1, 0.15) is 5.75 Å². The van der Waals surface area contributed by atoms with Crippen molar-refractivity contribution in [2.24, 2.45) is 0 Å². The molecule has 2 amide bonds. The van der Waals surface area contributed by atoms with E-state index in [-0.39, 0.29) is 11.1 Å². The van der Waals surface area contributed by atoms with Gasteiger partial charge < -0.3 is 14.2 Å². The van der Waals surface area contributed by atoms with E-state index in [1.54, 1.807) is 12.1 Å². The summed E-state index contributed by atoms with van der Waals surface area (Å²) in [4.78, 5) is 23.4. The number of amides is 2. The van der Waals surface area contributed by atoms with Gasteiger partial charge in [0, 0.05) is 6.42 Å². The molecular formula is C23H25NO5S. The third-order valence-electron chi connectivity index (χ3n) is 4.57. The SMILES string of the molecule is CCOc1cc(C=C2SC(=O)NC2=O)ccc1OCCCOc1cccc(C)c1C. The smallest absolute Gasteiger partial charge is 0.290 e. The maximum atomic E-state index is 11.7. The quantitative estimate of drug-likeness (QED) is 0.454. The van der Waals surface area contributed by atoms with E-state index in [2.05, 4.69) is 25.2 Å². The molecule has 0 radical (unpaired) electrons. The van der Waals surface area contributed by atoms with Gasteiger partial charge in [-0.25, -0.2) is 0 Å². The third kappa shape index (κ3) is 5.57. The summed E-state index contributed by atoms with van der Waals surface area (Å²) < 4.78 is 17.4. The summed E-state index contributed by atoms with van der Waals surface area (Å²) in [5.41, 5.74) is 3.12. The van der Waals surface area contributed by atoms with Crippen LogP contribution in [0.4, 0.5) is 4.79 Å². The van der Waals surface area contributed by atoms with Crippen LogP contribution in [0.5, 0.6) is 17.2 Å². The van der Waals surface area contributed by atoms with Crippen molar-refractivity contribution in [1.29, 1.82) is 0 Å². The van der Waals surface area contributed by atoms with Crippen LogP contribution in [0.15, 0.2) is 41.3 Å². The zero-order valence-electron chi connectivity index (χ0n) is 17.3. The zero-order chi connectivity index (χ0) is 21.5. The Labute approximate surface area is 180 Å². The van der Waals surface area contributed by atoms with Crippen molar-refractivity contribution in [3.05, 3.63) is 58.0 Å². The molecule has 6 nitrogen and oxygen atoms in total. The molecule has 0 saturated carbocycles. The van der Waals surface area contributed by atoms with Crippen molar-refractivity contribution in [3.63, 3.8) is 0 Å². The predicted octanol–water partition coefficient (Wildman–Crippen LogP) is 4.87. The number of aryl methyl sites for hydroxylation is 1. The molecule has 158 valence electrons. The Balaban J connectivity index is 1.57. The lowest BCUT2D eigenvalue weighted by Crippen LogP contribution is -2.17. The highest BCUT2D eigenvalue weighted by Crippen LogP contribution is 2.32. The number of benzene rings is 2. The van der Waals surface area contributed by atoms with Crippen LogP contribution >= 0.6 is 11.8 Å². The summed E-state index contributed by atoms with van der Waals surface area (Å²) in [6.07, 6.45) is 2.39. The maximum Gasteiger partial charge on any atom is 0.290 e. The average Bonchev–Trinajstić information content (AvgIpc) is 3.03. The first kappa shape index (κ1) is 21.8. The standard InChI is InChI=1S/C23H25NO5S/c1-4-27-20-13-17(14-21-22(25)24-23(26)30-21)9-10-19(20)29-12-6-11-28-18-8-5-7-15(2)16(18)3/h5,7-10,13-14H,4,6,11-12H2,1-3H3,(H,24,25,26). The van der Waals surface area contributed by atoms with Gasteiger partial charge in [-0.3, -0.25) is 14.9 Å². The number of hydrogen-bond donors (Lipinski definition) is 1. The van der Waals surface area contributed by atoms with Crippen molar-refractivity contribution in [3.8, 4) is 17.2 Å². The zero-order valence-corrected chi connectivity index (χ0v) is 18.1. The minimum Gasteiger partial charge on any atom is -0.493 e. The van der Waals surface area contributed by atoms with E-state index in [1.165, 1.54) is 5.56 Å². The van der Waals surface area contributed by atoms with Gasteiger partial charge >= 0.3 is 0 Å². The Morgan fingerprint density at radius 1 is 0.967 bits per heavy atom. The lowest BCUT2D eigenvalue weighted by Gasteiger charge is -2.14. The minimum absolute atomic E-state index is 0.361. The molecule has 3 rings (SSSR count). The largest absolute Gasteiger partial charge is 0.493 e. The van der Waals surface area contributed by atoms with Gasteiger partial charge in [0.25, 0.3) is 11.1 Å².